The lowest BCUT2D eigenvalue weighted by Crippen LogP contribution is -2.33. The van der Waals surface area contributed by atoms with Crippen molar-refractivity contribution < 1.29 is 8.42 Å². The number of hydrogen-bond donors (Lipinski definition) is 1. The Bertz CT molecular complexity index is 513. The van der Waals surface area contributed by atoms with E-state index in [1.54, 1.807) is 12.1 Å². The van der Waals surface area contributed by atoms with Crippen molar-refractivity contribution in [2.45, 2.75) is 36.0 Å². The van der Waals surface area contributed by atoms with E-state index in [1.165, 1.54) is 18.4 Å². The molecule has 1 heterocycles. The highest BCUT2D eigenvalue weighted by Crippen LogP contribution is 2.29. The van der Waals surface area contributed by atoms with E-state index in [2.05, 4.69) is 12.2 Å². The topological polar surface area (TPSA) is 46.2 Å². The maximum Gasteiger partial charge on any atom is 0.177 e. The Labute approximate surface area is 113 Å². The van der Waals surface area contributed by atoms with Gasteiger partial charge in [-0.25, -0.2) is 8.42 Å². The molecule has 18 heavy (non-hydrogen) atoms. The van der Waals surface area contributed by atoms with Crippen molar-refractivity contribution in [1.82, 2.24) is 0 Å². The first-order chi connectivity index (χ1) is 8.48. The van der Waals surface area contributed by atoms with Crippen LogP contribution in [0.5, 0.6) is 0 Å². The van der Waals surface area contributed by atoms with Crippen LogP contribution in [-0.2, 0) is 9.84 Å². The molecule has 1 aliphatic heterocycles. The molecule has 0 saturated carbocycles. The molecular weight excluding hydrogens is 266 g/mol. The smallest absolute Gasteiger partial charge is 0.177 e. The molecular formula is C13H19NO2S2. The number of benzene rings is 1. The summed E-state index contributed by atoms with van der Waals surface area (Å²) in [6.07, 6.45) is 3.55. The summed E-state index contributed by atoms with van der Waals surface area (Å²) < 4.78 is 23.5. The molecule has 3 nitrogen and oxygen atoms in total. The van der Waals surface area contributed by atoms with Gasteiger partial charge in [0.15, 0.2) is 9.84 Å². The predicted octanol–water partition coefficient (Wildman–Crippen LogP) is 2.79. The fraction of sp³-hybridized carbons (Fsp3) is 0.538. The minimum absolute atomic E-state index is 0.353. The molecule has 2 unspecified atom stereocenters. The number of hydrogen-bond acceptors (Lipinski definition) is 4. The van der Waals surface area contributed by atoms with Crippen LogP contribution in [0, 0.1) is 0 Å². The lowest BCUT2D eigenvalue weighted by molar-refractivity contribution is 0.599. The van der Waals surface area contributed by atoms with E-state index in [9.17, 15) is 8.42 Å². The van der Waals surface area contributed by atoms with Crippen molar-refractivity contribution in [2.24, 2.45) is 0 Å². The van der Waals surface area contributed by atoms with Crippen molar-refractivity contribution in [3.05, 3.63) is 24.3 Å². The van der Waals surface area contributed by atoms with Gasteiger partial charge in [-0.3, -0.25) is 0 Å². The van der Waals surface area contributed by atoms with E-state index in [-0.39, 0.29) is 0 Å². The Balaban J connectivity index is 2.24. The van der Waals surface area contributed by atoms with Crippen LogP contribution in [0.25, 0.3) is 0 Å². The molecule has 1 aromatic rings. The average Bonchev–Trinajstić information content (AvgIpc) is 2.31. The maximum absolute atomic E-state index is 11.7. The lowest BCUT2D eigenvalue weighted by Gasteiger charge is -2.30. The first-order valence-corrected chi connectivity index (χ1v) is 9.10. The third-order valence-corrected chi connectivity index (χ3v) is 5.77. The highest BCUT2D eigenvalue weighted by molar-refractivity contribution is 8.00. The molecule has 1 N–H and O–H groups in total. The maximum atomic E-state index is 11.7. The van der Waals surface area contributed by atoms with E-state index in [4.69, 9.17) is 0 Å². The Morgan fingerprint density at radius 1 is 1.33 bits per heavy atom. The highest BCUT2D eigenvalue weighted by Gasteiger charge is 2.23. The van der Waals surface area contributed by atoms with Gasteiger partial charge in [0.1, 0.15) is 0 Å². The number of thioether (sulfide) groups is 1. The summed E-state index contributed by atoms with van der Waals surface area (Å²) in [4.78, 5) is 0.396. The van der Waals surface area contributed by atoms with Crippen LogP contribution < -0.4 is 5.32 Å². The van der Waals surface area contributed by atoms with E-state index in [0.717, 1.165) is 12.1 Å². The monoisotopic (exact) mass is 285 g/mol. The summed E-state index contributed by atoms with van der Waals surface area (Å²) >= 11 is 1.95. The van der Waals surface area contributed by atoms with Gasteiger partial charge in [-0.05, 0) is 30.7 Å². The molecule has 2 atom stereocenters. The molecule has 0 amide bonds. The van der Waals surface area contributed by atoms with E-state index in [1.807, 2.05) is 23.9 Å². The van der Waals surface area contributed by atoms with Gasteiger partial charge in [-0.15, -0.1) is 0 Å². The third kappa shape index (κ3) is 3.20. The minimum Gasteiger partial charge on any atom is -0.380 e. The molecule has 1 fully saturated rings. The average molecular weight is 285 g/mol. The third-order valence-electron chi connectivity index (χ3n) is 3.23. The van der Waals surface area contributed by atoms with Gasteiger partial charge in [-0.2, -0.15) is 11.8 Å². The summed E-state index contributed by atoms with van der Waals surface area (Å²) in [5.41, 5.74) is 0.736. The van der Waals surface area contributed by atoms with Crippen molar-refractivity contribution in [2.75, 3.05) is 17.3 Å². The zero-order valence-electron chi connectivity index (χ0n) is 10.7. The van der Waals surface area contributed by atoms with Crippen molar-refractivity contribution in [3.8, 4) is 0 Å². The Morgan fingerprint density at radius 3 is 2.72 bits per heavy atom. The standard InChI is InChI=1S/C13H19NO2S2/c1-10-11(7-5-9-17-10)14-12-6-3-4-8-13(12)18(2,15)16/h3-4,6,8,10-11,14H,5,7,9H2,1-2H3. The molecule has 100 valence electrons. The van der Waals surface area contributed by atoms with E-state index < -0.39 is 9.84 Å². The number of para-hydroxylation sites is 1. The van der Waals surface area contributed by atoms with Crippen molar-refractivity contribution in [3.63, 3.8) is 0 Å². The minimum atomic E-state index is -3.17. The summed E-state index contributed by atoms with van der Waals surface area (Å²) in [6.45, 7) is 2.20. The first-order valence-electron chi connectivity index (χ1n) is 6.16. The zero-order valence-corrected chi connectivity index (χ0v) is 12.4. The Kier molecular flexibility index (Phi) is 4.22. The molecule has 0 bridgehead atoms. The van der Waals surface area contributed by atoms with Gasteiger partial charge in [0.25, 0.3) is 0 Å². The molecule has 0 aliphatic carbocycles. The van der Waals surface area contributed by atoms with Crippen LogP contribution >= 0.6 is 11.8 Å². The Hall–Kier alpha value is -0.680. The second kappa shape index (κ2) is 5.53. The van der Waals surface area contributed by atoms with Gasteiger partial charge >= 0.3 is 0 Å². The molecule has 5 heteroatoms. The molecule has 0 aromatic heterocycles. The lowest BCUT2D eigenvalue weighted by atomic mass is 10.1. The predicted molar refractivity (Wildman–Crippen MR) is 78.1 cm³/mol. The Morgan fingerprint density at radius 2 is 2.06 bits per heavy atom. The molecule has 1 aromatic carbocycles. The molecule has 1 aliphatic rings. The molecule has 1 saturated heterocycles. The fourth-order valence-corrected chi connectivity index (χ4v) is 4.22. The van der Waals surface area contributed by atoms with Crippen LogP contribution in [0.1, 0.15) is 19.8 Å². The SMILES string of the molecule is CC1SCCCC1Nc1ccccc1S(C)(=O)=O. The van der Waals surface area contributed by atoms with Gasteiger partial charge < -0.3 is 5.32 Å². The number of rotatable bonds is 3. The quantitative estimate of drug-likeness (QED) is 0.927. The first kappa shape index (κ1) is 13.7. The summed E-state index contributed by atoms with van der Waals surface area (Å²) in [5.74, 6) is 1.20. The molecule has 0 spiro atoms. The van der Waals surface area contributed by atoms with E-state index in [0.29, 0.717) is 16.2 Å². The summed E-state index contributed by atoms with van der Waals surface area (Å²) in [5, 5.41) is 3.93. The normalized spacial score (nSPS) is 24.8. The van der Waals surface area contributed by atoms with Gasteiger partial charge in [0, 0.05) is 17.5 Å². The fourth-order valence-electron chi connectivity index (χ4n) is 2.22. The number of nitrogens with one attached hydrogen (secondary N) is 1. The van der Waals surface area contributed by atoms with Gasteiger partial charge in [0.2, 0.25) is 0 Å². The number of sulfone groups is 1. The second-order valence-corrected chi connectivity index (χ2v) is 8.21. The number of anilines is 1. The van der Waals surface area contributed by atoms with Crippen LogP contribution in [0.3, 0.4) is 0 Å². The highest BCUT2D eigenvalue weighted by atomic mass is 32.2. The van der Waals surface area contributed by atoms with Crippen LogP contribution in [0.15, 0.2) is 29.2 Å². The zero-order chi connectivity index (χ0) is 13.2. The molecule has 2 rings (SSSR count). The van der Waals surface area contributed by atoms with Crippen molar-refractivity contribution in [1.29, 1.82) is 0 Å². The summed E-state index contributed by atoms with van der Waals surface area (Å²) in [6, 6.07) is 7.51. The van der Waals surface area contributed by atoms with Crippen LogP contribution in [0.4, 0.5) is 5.69 Å². The van der Waals surface area contributed by atoms with Crippen LogP contribution in [-0.4, -0.2) is 31.7 Å². The van der Waals surface area contributed by atoms with Crippen molar-refractivity contribution >= 4 is 27.3 Å². The van der Waals surface area contributed by atoms with Crippen LogP contribution in [0.2, 0.25) is 0 Å². The van der Waals surface area contributed by atoms with E-state index >= 15 is 0 Å². The van der Waals surface area contributed by atoms with Gasteiger partial charge in [-0.1, -0.05) is 19.1 Å². The molecule has 0 radical (unpaired) electrons. The summed E-state index contributed by atoms with van der Waals surface area (Å²) in [7, 11) is -3.17. The largest absolute Gasteiger partial charge is 0.380 e. The van der Waals surface area contributed by atoms with Gasteiger partial charge in [0.05, 0.1) is 10.6 Å². The second-order valence-electron chi connectivity index (χ2n) is 4.74.